The number of H-pyrrole nitrogens is 1. The third-order valence-corrected chi connectivity index (χ3v) is 4.34. The van der Waals surface area contributed by atoms with Gasteiger partial charge in [0.05, 0.1) is 12.2 Å². The van der Waals surface area contributed by atoms with Crippen molar-refractivity contribution >= 4 is 12.2 Å². The molecule has 106 valence electrons. The first-order valence-electron chi connectivity index (χ1n) is 6.83. The fourth-order valence-corrected chi connectivity index (χ4v) is 2.84. The normalized spacial score (nSPS) is 15.3. The molecular weight excluding hydrogens is 270 g/mol. The van der Waals surface area contributed by atoms with Crippen molar-refractivity contribution in [3.8, 4) is 0 Å². The fraction of sp³-hybridized carbons (Fsp3) is 0.500. The highest BCUT2D eigenvalue weighted by molar-refractivity contribution is 7.71. The second-order valence-electron chi connectivity index (χ2n) is 5.41. The van der Waals surface area contributed by atoms with Crippen LogP contribution in [0.2, 0.25) is 0 Å². The molecule has 1 aliphatic rings. The van der Waals surface area contributed by atoms with Gasteiger partial charge < -0.3 is 9.55 Å². The minimum Gasteiger partial charge on any atom is -0.334 e. The molecule has 2 aromatic heterocycles. The number of aromatic amines is 1. The minimum atomic E-state index is 0.576. The molecule has 3 heterocycles. The lowest BCUT2D eigenvalue weighted by Gasteiger charge is -2.27. The Hall–Kier alpha value is -1.53. The molecule has 0 aliphatic carbocycles. The molecule has 1 N–H and O–H groups in total. The van der Waals surface area contributed by atoms with Gasteiger partial charge >= 0.3 is 0 Å². The molecule has 0 radical (unpaired) electrons. The summed E-state index contributed by atoms with van der Waals surface area (Å²) < 4.78 is 2.76. The lowest BCUT2D eigenvalue weighted by atomic mass is 10.1. The SMILES string of the molecule is Cc1nc(CN2CCc3[nH]c(=S)ncc3C2)n(C)c1C. The quantitative estimate of drug-likeness (QED) is 0.860. The molecule has 0 bridgehead atoms. The van der Waals surface area contributed by atoms with Crippen LogP contribution >= 0.6 is 12.2 Å². The average molecular weight is 289 g/mol. The van der Waals surface area contributed by atoms with E-state index in [2.05, 4.69) is 45.3 Å². The van der Waals surface area contributed by atoms with E-state index in [4.69, 9.17) is 12.2 Å². The largest absolute Gasteiger partial charge is 0.334 e. The van der Waals surface area contributed by atoms with E-state index in [0.29, 0.717) is 4.77 Å². The number of aryl methyl sites for hydroxylation is 1. The van der Waals surface area contributed by atoms with Crippen LogP contribution in [0, 0.1) is 18.6 Å². The Morgan fingerprint density at radius 2 is 2.20 bits per heavy atom. The number of rotatable bonds is 2. The van der Waals surface area contributed by atoms with Gasteiger partial charge in [-0.15, -0.1) is 0 Å². The van der Waals surface area contributed by atoms with Crippen LogP contribution < -0.4 is 0 Å². The second-order valence-corrected chi connectivity index (χ2v) is 5.80. The van der Waals surface area contributed by atoms with E-state index >= 15 is 0 Å². The fourth-order valence-electron chi connectivity index (χ4n) is 2.67. The van der Waals surface area contributed by atoms with Crippen molar-refractivity contribution in [3.05, 3.63) is 39.4 Å². The van der Waals surface area contributed by atoms with Gasteiger partial charge in [-0.05, 0) is 26.1 Å². The van der Waals surface area contributed by atoms with Crippen molar-refractivity contribution < 1.29 is 0 Å². The molecular formula is C14H19N5S. The van der Waals surface area contributed by atoms with Gasteiger partial charge in [-0.3, -0.25) is 4.90 Å². The standard InChI is InChI=1S/C14H19N5S/c1-9-10(2)18(3)13(16-9)8-19-5-4-12-11(7-19)6-15-14(20)17-12/h6H,4-5,7-8H2,1-3H3,(H,15,17,20). The van der Waals surface area contributed by atoms with E-state index in [-0.39, 0.29) is 0 Å². The number of fused-ring (bicyclic) bond motifs is 1. The van der Waals surface area contributed by atoms with Crippen LogP contribution in [0.15, 0.2) is 6.20 Å². The maximum absolute atomic E-state index is 5.07. The van der Waals surface area contributed by atoms with Gasteiger partial charge in [0.1, 0.15) is 5.82 Å². The van der Waals surface area contributed by atoms with E-state index in [1.54, 1.807) is 0 Å². The molecule has 5 nitrogen and oxygen atoms in total. The Morgan fingerprint density at radius 3 is 2.90 bits per heavy atom. The zero-order chi connectivity index (χ0) is 14.3. The molecule has 1 aliphatic heterocycles. The zero-order valence-corrected chi connectivity index (χ0v) is 12.9. The smallest absolute Gasteiger partial charge is 0.196 e. The molecule has 6 heteroatoms. The van der Waals surface area contributed by atoms with Crippen LogP contribution in [0.25, 0.3) is 0 Å². The Labute approximate surface area is 123 Å². The summed E-state index contributed by atoms with van der Waals surface area (Å²) >= 11 is 5.07. The maximum Gasteiger partial charge on any atom is 0.196 e. The summed E-state index contributed by atoms with van der Waals surface area (Å²) in [5.74, 6) is 1.13. The number of nitrogens with zero attached hydrogens (tertiary/aromatic N) is 4. The van der Waals surface area contributed by atoms with Gasteiger partial charge in [0.15, 0.2) is 4.77 Å². The van der Waals surface area contributed by atoms with Crippen LogP contribution in [-0.2, 0) is 26.6 Å². The summed E-state index contributed by atoms with van der Waals surface area (Å²) in [5, 5.41) is 0. The Bertz CT molecular complexity index is 700. The third kappa shape index (κ3) is 2.41. The highest BCUT2D eigenvalue weighted by Gasteiger charge is 2.19. The molecule has 0 atom stereocenters. The van der Waals surface area contributed by atoms with Crippen LogP contribution in [-0.4, -0.2) is 31.0 Å². The third-order valence-electron chi connectivity index (χ3n) is 4.13. The van der Waals surface area contributed by atoms with Crippen LogP contribution in [0.5, 0.6) is 0 Å². The lowest BCUT2D eigenvalue weighted by molar-refractivity contribution is 0.234. The van der Waals surface area contributed by atoms with Gasteiger partial charge in [-0.1, -0.05) is 0 Å². The van der Waals surface area contributed by atoms with Crippen molar-refractivity contribution in [2.24, 2.45) is 7.05 Å². The van der Waals surface area contributed by atoms with Crippen LogP contribution in [0.1, 0.15) is 28.5 Å². The predicted octanol–water partition coefficient (Wildman–Crippen LogP) is 2.05. The van der Waals surface area contributed by atoms with Gasteiger partial charge in [-0.25, -0.2) is 9.97 Å². The molecule has 0 spiro atoms. The summed E-state index contributed by atoms with van der Waals surface area (Å²) in [4.78, 5) is 14.4. The second kappa shape index (κ2) is 5.10. The lowest BCUT2D eigenvalue weighted by Crippen LogP contribution is -2.31. The molecule has 0 aromatic carbocycles. The molecule has 0 fully saturated rings. The number of hydrogen-bond donors (Lipinski definition) is 1. The number of imidazole rings is 1. The molecule has 0 saturated heterocycles. The van der Waals surface area contributed by atoms with Crippen molar-refractivity contribution in [2.75, 3.05) is 6.54 Å². The number of aromatic nitrogens is 4. The first kappa shape index (κ1) is 13.5. The maximum atomic E-state index is 5.07. The Morgan fingerprint density at radius 1 is 1.40 bits per heavy atom. The van der Waals surface area contributed by atoms with Gasteiger partial charge in [0, 0.05) is 49.7 Å². The summed E-state index contributed by atoms with van der Waals surface area (Å²) in [6, 6.07) is 0. The van der Waals surface area contributed by atoms with E-state index < -0.39 is 0 Å². The summed E-state index contributed by atoms with van der Waals surface area (Å²) in [5.41, 5.74) is 4.83. The van der Waals surface area contributed by atoms with Crippen molar-refractivity contribution in [1.82, 2.24) is 24.4 Å². The van der Waals surface area contributed by atoms with Gasteiger partial charge in [0.2, 0.25) is 0 Å². The molecule has 0 amide bonds. The predicted molar refractivity (Wildman–Crippen MR) is 79.9 cm³/mol. The van der Waals surface area contributed by atoms with Gasteiger partial charge in [0.25, 0.3) is 0 Å². The molecule has 0 saturated carbocycles. The molecule has 3 rings (SSSR count). The molecule has 2 aromatic rings. The first-order valence-corrected chi connectivity index (χ1v) is 7.23. The van der Waals surface area contributed by atoms with E-state index in [1.165, 1.54) is 17.0 Å². The molecule has 0 unspecified atom stereocenters. The van der Waals surface area contributed by atoms with Crippen LogP contribution in [0.4, 0.5) is 0 Å². The topological polar surface area (TPSA) is 49.7 Å². The highest BCUT2D eigenvalue weighted by Crippen LogP contribution is 2.18. The summed E-state index contributed by atoms with van der Waals surface area (Å²) in [6.45, 7) is 6.97. The van der Waals surface area contributed by atoms with E-state index in [0.717, 1.165) is 37.6 Å². The van der Waals surface area contributed by atoms with Crippen molar-refractivity contribution in [1.29, 1.82) is 0 Å². The Balaban J connectivity index is 1.79. The van der Waals surface area contributed by atoms with E-state index in [1.807, 2.05) is 6.20 Å². The van der Waals surface area contributed by atoms with Crippen molar-refractivity contribution in [2.45, 2.75) is 33.4 Å². The minimum absolute atomic E-state index is 0.576. The van der Waals surface area contributed by atoms with Crippen LogP contribution in [0.3, 0.4) is 0 Å². The van der Waals surface area contributed by atoms with Crippen molar-refractivity contribution in [3.63, 3.8) is 0 Å². The summed E-state index contributed by atoms with van der Waals surface area (Å²) in [6.07, 6.45) is 2.89. The Kier molecular flexibility index (Phi) is 3.43. The first-order chi connectivity index (χ1) is 9.54. The average Bonchev–Trinajstić information content (AvgIpc) is 2.66. The number of nitrogens with one attached hydrogen (secondary N) is 1. The van der Waals surface area contributed by atoms with E-state index in [9.17, 15) is 0 Å². The highest BCUT2D eigenvalue weighted by atomic mass is 32.1. The molecule has 20 heavy (non-hydrogen) atoms. The zero-order valence-electron chi connectivity index (χ0n) is 12.1. The summed E-state index contributed by atoms with van der Waals surface area (Å²) in [7, 11) is 2.08. The number of hydrogen-bond acceptors (Lipinski definition) is 4. The monoisotopic (exact) mass is 289 g/mol. The van der Waals surface area contributed by atoms with Gasteiger partial charge in [-0.2, -0.15) is 0 Å².